The van der Waals surface area contributed by atoms with Gasteiger partial charge in [-0.15, -0.1) is 10.2 Å². The van der Waals surface area contributed by atoms with Gasteiger partial charge >= 0.3 is 0 Å². The van der Waals surface area contributed by atoms with Crippen LogP contribution in [-0.2, 0) is 17.8 Å². The Hall–Kier alpha value is -3.59. The number of benzene rings is 2. The largest absolute Gasteiger partial charge is 0.489 e. The van der Waals surface area contributed by atoms with Gasteiger partial charge in [-0.05, 0) is 49.0 Å². The zero-order valence-electron chi connectivity index (χ0n) is 18.5. The highest BCUT2D eigenvalue weighted by Crippen LogP contribution is 2.19. The Morgan fingerprint density at radius 2 is 1.85 bits per heavy atom. The van der Waals surface area contributed by atoms with Crippen molar-refractivity contribution < 1.29 is 13.9 Å². The van der Waals surface area contributed by atoms with Gasteiger partial charge in [0, 0.05) is 44.6 Å². The van der Waals surface area contributed by atoms with Gasteiger partial charge in [-0.2, -0.15) is 0 Å². The van der Waals surface area contributed by atoms with E-state index in [0.29, 0.717) is 30.2 Å². The van der Waals surface area contributed by atoms with E-state index in [1.165, 1.54) is 12.1 Å². The summed E-state index contributed by atoms with van der Waals surface area (Å²) in [4.78, 5) is 31.6. The number of likely N-dealkylation sites (N-methyl/N-ethyl adjacent to an activating group) is 1. The van der Waals surface area contributed by atoms with Gasteiger partial charge in [0.05, 0.1) is 0 Å². The van der Waals surface area contributed by atoms with Crippen LogP contribution in [0.2, 0.25) is 0 Å². The zero-order valence-corrected chi connectivity index (χ0v) is 18.5. The van der Waals surface area contributed by atoms with Gasteiger partial charge in [-0.3, -0.25) is 9.59 Å². The van der Waals surface area contributed by atoms with E-state index in [9.17, 15) is 14.0 Å². The molecule has 2 heterocycles. The number of nitrogens with zero attached hydrogens (tertiary/aromatic N) is 4. The van der Waals surface area contributed by atoms with Crippen LogP contribution in [-0.4, -0.2) is 64.1 Å². The van der Waals surface area contributed by atoms with Crippen LogP contribution < -0.4 is 10.3 Å². The number of H-pyrrole nitrogens is 1. The molecule has 8 nitrogen and oxygen atoms in total. The topological polar surface area (TPSA) is 91.4 Å². The molecular formula is C24H26FN5O3. The molecule has 1 aliphatic rings. The van der Waals surface area contributed by atoms with Gasteiger partial charge in [0.1, 0.15) is 23.9 Å². The van der Waals surface area contributed by atoms with E-state index in [1.807, 2.05) is 11.9 Å². The minimum absolute atomic E-state index is 0.0298. The molecule has 0 saturated carbocycles. The van der Waals surface area contributed by atoms with Gasteiger partial charge in [0.2, 0.25) is 5.91 Å². The van der Waals surface area contributed by atoms with Crippen LogP contribution in [0.3, 0.4) is 0 Å². The summed E-state index contributed by atoms with van der Waals surface area (Å²) >= 11 is 0. The van der Waals surface area contributed by atoms with Crippen LogP contribution in [0.5, 0.6) is 5.75 Å². The number of hydrogen-bond acceptors (Lipinski definition) is 6. The van der Waals surface area contributed by atoms with Crippen LogP contribution in [0.25, 0.3) is 11.4 Å². The minimum atomic E-state index is -0.349. The number of halogens is 1. The van der Waals surface area contributed by atoms with Gasteiger partial charge in [-0.1, -0.05) is 12.1 Å². The van der Waals surface area contributed by atoms with Gasteiger partial charge < -0.3 is 19.5 Å². The SMILES string of the molecule is CN1CCN(C(=O)CCc2nnc(-c3ccc(OCc4cccc(F)c4)cc3)[nH]c2=O)CC1. The molecule has 1 aliphatic heterocycles. The van der Waals surface area contributed by atoms with Crippen LogP contribution in [0, 0.1) is 5.82 Å². The Bertz CT molecular complexity index is 1160. The molecular weight excluding hydrogens is 425 g/mol. The summed E-state index contributed by atoms with van der Waals surface area (Å²) in [6.07, 6.45) is 0.485. The third-order valence-electron chi connectivity index (χ3n) is 5.62. The van der Waals surface area contributed by atoms with Crippen LogP contribution in [0.1, 0.15) is 17.7 Å². The Kier molecular flexibility index (Phi) is 7.09. The fourth-order valence-corrected chi connectivity index (χ4v) is 3.60. The lowest BCUT2D eigenvalue weighted by atomic mass is 10.2. The fourth-order valence-electron chi connectivity index (χ4n) is 3.60. The molecule has 3 aromatic rings. The van der Waals surface area contributed by atoms with Crippen molar-refractivity contribution in [3.05, 3.63) is 76.0 Å². The van der Waals surface area contributed by atoms with Crippen molar-refractivity contribution in [1.29, 1.82) is 0 Å². The van der Waals surface area contributed by atoms with Crippen molar-refractivity contribution in [3.63, 3.8) is 0 Å². The number of carbonyl (C=O) groups excluding carboxylic acids is 1. The first-order valence-electron chi connectivity index (χ1n) is 10.9. The number of piperazine rings is 1. The number of rotatable bonds is 7. The molecule has 1 aromatic heterocycles. The molecule has 0 atom stereocenters. The highest BCUT2D eigenvalue weighted by Gasteiger charge is 2.19. The quantitative estimate of drug-likeness (QED) is 0.593. The number of aryl methyl sites for hydroxylation is 1. The second-order valence-electron chi connectivity index (χ2n) is 8.08. The van der Waals surface area contributed by atoms with E-state index in [0.717, 1.165) is 18.7 Å². The standard InChI is InChI=1S/C24H26FN5O3/c1-29-11-13-30(14-12-29)22(31)10-9-21-24(32)26-23(28-27-21)18-5-7-20(8-6-18)33-16-17-3-2-4-19(25)15-17/h2-8,15H,9-14,16H2,1H3,(H,26,28,32). The molecule has 1 fully saturated rings. The third-order valence-corrected chi connectivity index (χ3v) is 5.62. The van der Waals surface area contributed by atoms with Crippen LogP contribution >= 0.6 is 0 Å². The van der Waals surface area contributed by atoms with E-state index in [-0.39, 0.29) is 42.4 Å². The first-order chi connectivity index (χ1) is 16.0. The molecule has 0 bridgehead atoms. The Morgan fingerprint density at radius 3 is 2.55 bits per heavy atom. The number of hydrogen-bond donors (Lipinski definition) is 1. The van der Waals surface area contributed by atoms with E-state index < -0.39 is 0 Å². The first-order valence-corrected chi connectivity index (χ1v) is 10.9. The second kappa shape index (κ2) is 10.4. The number of nitrogens with one attached hydrogen (secondary N) is 1. The maximum atomic E-state index is 13.3. The summed E-state index contributed by atoms with van der Waals surface area (Å²) in [5.74, 6) is 0.673. The molecule has 0 aliphatic carbocycles. The lowest BCUT2D eigenvalue weighted by Gasteiger charge is -2.32. The average molecular weight is 452 g/mol. The molecule has 1 amide bonds. The number of amides is 1. The lowest BCUT2D eigenvalue weighted by Crippen LogP contribution is -2.47. The van der Waals surface area contributed by atoms with Crippen LogP contribution in [0.15, 0.2) is 53.3 Å². The predicted molar refractivity (Wildman–Crippen MR) is 121 cm³/mol. The Labute approximate surface area is 191 Å². The molecule has 0 spiro atoms. The van der Waals surface area contributed by atoms with E-state index in [2.05, 4.69) is 20.1 Å². The monoisotopic (exact) mass is 451 g/mol. The molecule has 1 N–H and O–H groups in total. The highest BCUT2D eigenvalue weighted by molar-refractivity contribution is 5.76. The number of ether oxygens (including phenoxy) is 1. The molecule has 4 rings (SSSR count). The highest BCUT2D eigenvalue weighted by atomic mass is 19.1. The smallest absolute Gasteiger partial charge is 0.273 e. The predicted octanol–water partition coefficient (Wildman–Crippen LogP) is 2.26. The van der Waals surface area contributed by atoms with Crippen molar-refractivity contribution in [1.82, 2.24) is 25.0 Å². The summed E-state index contributed by atoms with van der Waals surface area (Å²) in [5, 5.41) is 8.17. The maximum absolute atomic E-state index is 13.3. The molecule has 0 unspecified atom stereocenters. The van der Waals surface area contributed by atoms with Gasteiger partial charge in [-0.25, -0.2) is 4.39 Å². The number of carbonyl (C=O) groups is 1. The maximum Gasteiger partial charge on any atom is 0.273 e. The van der Waals surface area contributed by atoms with Gasteiger partial charge in [0.25, 0.3) is 5.56 Å². The summed E-state index contributed by atoms with van der Waals surface area (Å²) < 4.78 is 18.9. The third kappa shape index (κ3) is 6.01. The Balaban J connectivity index is 1.33. The molecule has 1 saturated heterocycles. The van der Waals surface area contributed by atoms with Gasteiger partial charge in [0.15, 0.2) is 5.82 Å². The van der Waals surface area contributed by atoms with E-state index >= 15 is 0 Å². The summed E-state index contributed by atoms with van der Waals surface area (Å²) in [5.41, 5.74) is 1.31. The zero-order chi connectivity index (χ0) is 23.2. The molecule has 33 heavy (non-hydrogen) atoms. The van der Waals surface area contributed by atoms with Crippen molar-refractivity contribution in [2.24, 2.45) is 0 Å². The molecule has 9 heteroatoms. The summed E-state index contributed by atoms with van der Waals surface area (Å²) in [6, 6.07) is 13.3. The average Bonchev–Trinajstić information content (AvgIpc) is 2.82. The first kappa shape index (κ1) is 22.6. The van der Waals surface area contributed by atoms with Crippen molar-refractivity contribution >= 4 is 5.91 Å². The van der Waals surface area contributed by atoms with Crippen molar-refractivity contribution in [2.75, 3.05) is 33.2 Å². The normalized spacial score (nSPS) is 14.3. The van der Waals surface area contributed by atoms with Crippen molar-refractivity contribution in [3.8, 4) is 17.1 Å². The molecule has 0 radical (unpaired) electrons. The fraction of sp³-hybridized carbons (Fsp3) is 0.333. The van der Waals surface area contributed by atoms with Crippen LogP contribution in [0.4, 0.5) is 4.39 Å². The lowest BCUT2D eigenvalue weighted by molar-refractivity contribution is -0.132. The second-order valence-corrected chi connectivity index (χ2v) is 8.08. The van der Waals surface area contributed by atoms with E-state index in [1.54, 1.807) is 36.4 Å². The Morgan fingerprint density at radius 1 is 1.09 bits per heavy atom. The number of aromatic amines is 1. The minimum Gasteiger partial charge on any atom is -0.489 e. The molecule has 2 aromatic carbocycles. The summed E-state index contributed by atoms with van der Waals surface area (Å²) in [6.45, 7) is 3.37. The number of aromatic nitrogens is 3. The van der Waals surface area contributed by atoms with Crippen molar-refractivity contribution in [2.45, 2.75) is 19.4 Å². The summed E-state index contributed by atoms with van der Waals surface area (Å²) in [7, 11) is 2.03. The van der Waals surface area contributed by atoms with E-state index in [4.69, 9.17) is 4.74 Å². The molecule has 172 valence electrons.